The molecule has 1 aliphatic rings. The summed E-state index contributed by atoms with van der Waals surface area (Å²) in [6.07, 6.45) is 2.88. The van der Waals surface area contributed by atoms with Gasteiger partial charge in [0.2, 0.25) is 0 Å². The summed E-state index contributed by atoms with van der Waals surface area (Å²) >= 11 is 1.81. The summed E-state index contributed by atoms with van der Waals surface area (Å²) in [4.78, 5) is 7.15. The number of anilines is 1. The number of methoxy groups -OCH3 is 1. The van der Waals surface area contributed by atoms with E-state index >= 15 is 0 Å². The van der Waals surface area contributed by atoms with Crippen molar-refractivity contribution in [2.45, 2.75) is 32.2 Å². The topological polar surface area (TPSA) is 69.1 Å². The van der Waals surface area contributed by atoms with Crippen LogP contribution in [0.4, 0.5) is 5.00 Å². The number of nitrogens with zero attached hydrogens (tertiary/aromatic N) is 2. The van der Waals surface area contributed by atoms with E-state index in [1.165, 1.54) is 5.00 Å². The Labute approximate surface area is 194 Å². The first-order valence-electron chi connectivity index (χ1n) is 9.88. The fraction of sp³-hybridized carbons (Fsp3) is 0.476. The third-order valence-electron chi connectivity index (χ3n) is 4.94. The highest BCUT2D eigenvalue weighted by atomic mass is 127. The lowest BCUT2D eigenvalue weighted by molar-refractivity contribution is 0.406. The van der Waals surface area contributed by atoms with E-state index in [4.69, 9.17) is 9.73 Å². The number of benzene rings is 1. The number of halogens is 1. The van der Waals surface area contributed by atoms with E-state index in [1.807, 2.05) is 12.1 Å². The predicted octanol–water partition coefficient (Wildman–Crippen LogP) is 3.85. The third kappa shape index (κ3) is 6.95. The summed E-state index contributed by atoms with van der Waals surface area (Å²) in [5, 5.41) is 20.5. The van der Waals surface area contributed by atoms with Crippen LogP contribution in [0.25, 0.3) is 0 Å². The zero-order chi connectivity index (χ0) is 19.8. The van der Waals surface area contributed by atoms with Gasteiger partial charge in [0.05, 0.1) is 12.1 Å². The minimum atomic E-state index is 0. The van der Waals surface area contributed by atoms with Crippen LogP contribution in [-0.2, 0) is 6.42 Å². The minimum Gasteiger partial charge on any atom is -0.508 e. The van der Waals surface area contributed by atoms with Gasteiger partial charge in [-0.05, 0) is 55.3 Å². The minimum absolute atomic E-state index is 0. The molecular formula is C21H31IN4O2S. The molecule has 3 N–H and O–H groups in total. The fourth-order valence-corrected chi connectivity index (χ4v) is 4.16. The molecule has 0 amide bonds. The number of ether oxygens (including phenoxy) is 1. The Morgan fingerprint density at radius 2 is 2.10 bits per heavy atom. The molecule has 1 saturated heterocycles. The van der Waals surface area contributed by atoms with Crippen LogP contribution in [0.3, 0.4) is 0 Å². The van der Waals surface area contributed by atoms with Crippen molar-refractivity contribution in [1.82, 2.24) is 10.6 Å². The van der Waals surface area contributed by atoms with Gasteiger partial charge in [-0.25, -0.2) is 0 Å². The second kappa shape index (κ2) is 12.1. The number of piperidine rings is 1. The molecule has 2 heterocycles. The summed E-state index contributed by atoms with van der Waals surface area (Å²) < 4.78 is 5.13. The molecule has 0 spiro atoms. The van der Waals surface area contributed by atoms with Crippen molar-refractivity contribution in [3.8, 4) is 11.5 Å². The average molecular weight is 530 g/mol. The summed E-state index contributed by atoms with van der Waals surface area (Å²) in [6, 6.07) is 10.1. The van der Waals surface area contributed by atoms with Gasteiger partial charge >= 0.3 is 0 Å². The van der Waals surface area contributed by atoms with Crippen molar-refractivity contribution < 1.29 is 9.84 Å². The van der Waals surface area contributed by atoms with Gasteiger partial charge in [-0.3, -0.25) is 4.99 Å². The molecule has 0 bridgehead atoms. The molecule has 3 rings (SSSR count). The highest BCUT2D eigenvalue weighted by molar-refractivity contribution is 14.0. The quantitative estimate of drug-likeness (QED) is 0.288. The molecule has 0 unspecified atom stereocenters. The number of nitrogens with one attached hydrogen (secondary N) is 2. The number of rotatable bonds is 7. The van der Waals surface area contributed by atoms with Crippen molar-refractivity contribution in [1.29, 1.82) is 0 Å². The van der Waals surface area contributed by atoms with Crippen LogP contribution in [-0.4, -0.2) is 50.4 Å². The molecule has 6 nitrogen and oxygen atoms in total. The molecule has 160 valence electrons. The Morgan fingerprint density at radius 3 is 2.72 bits per heavy atom. The van der Waals surface area contributed by atoms with Crippen molar-refractivity contribution in [3.05, 3.63) is 41.3 Å². The number of thiophene rings is 1. The number of phenols is 1. The molecule has 1 aromatic heterocycles. The number of hydrogen-bond donors (Lipinski definition) is 3. The van der Waals surface area contributed by atoms with Gasteiger partial charge in [0, 0.05) is 38.3 Å². The van der Waals surface area contributed by atoms with Crippen LogP contribution in [0, 0.1) is 0 Å². The first-order valence-corrected chi connectivity index (χ1v) is 10.8. The zero-order valence-electron chi connectivity index (χ0n) is 17.1. The molecule has 1 aromatic carbocycles. The zero-order valence-corrected chi connectivity index (χ0v) is 20.2. The maximum atomic E-state index is 10.1. The molecular weight excluding hydrogens is 499 g/mol. The van der Waals surface area contributed by atoms with Gasteiger partial charge in [-0.2, -0.15) is 0 Å². The second-order valence-corrected chi connectivity index (χ2v) is 7.79. The van der Waals surface area contributed by atoms with Gasteiger partial charge in [0.1, 0.15) is 11.5 Å². The van der Waals surface area contributed by atoms with E-state index in [0.717, 1.165) is 44.0 Å². The van der Waals surface area contributed by atoms with E-state index in [2.05, 4.69) is 40.0 Å². The number of hydrogen-bond acceptors (Lipinski definition) is 5. The molecule has 0 aliphatic carbocycles. The van der Waals surface area contributed by atoms with Gasteiger partial charge in [-0.1, -0.05) is 6.07 Å². The smallest absolute Gasteiger partial charge is 0.191 e. The number of guanidine groups is 1. The van der Waals surface area contributed by atoms with E-state index in [-0.39, 0.29) is 29.7 Å². The highest BCUT2D eigenvalue weighted by Crippen LogP contribution is 2.25. The number of aliphatic imine (C=N–C) groups is 1. The Kier molecular flexibility index (Phi) is 9.86. The molecule has 29 heavy (non-hydrogen) atoms. The van der Waals surface area contributed by atoms with Crippen LogP contribution in [0.15, 0.2) is 40.7 Å². The lowest BCUT2D eigenvalue weighted by Crippen LogP contribution is -2.48. The average Bonchev–Trinajstić information content (AvgIpc) is 3.24. The maximum absolute atomic E-state index is 10.1. The first kappa shape index (κ1) is 23.6. The SMILES string of the molecule is CCNC(=NCCc1ccc(OC)cc1O)NC1CCN(c2cccs2)CC1.I. The van der Waals surface area contributed by atoms with Gasteiger partial charge < -0.3 is 25.4 Å². The standard InChI is InChI=1S/C21H30N4O2S.HI/c1-3-22-21(23-11-8-16-6-7-18(27-2)15-19(16)26)24-17-9-12-25(13-10-17)20-5-4-14-28-20;/h4-7,14-15,17,26H,3,8-13H2,1-2H3,(H2,22,23,24);1H. The highest BCUT2D eigenvalue weighted by Gasteiger charge is 2.20. The van der Waals surface area contributed by atoms with Crippen LogP contribution < -0.4 is 20.3 Å². The van der Waals surface area contributed by atoms with Gasteiger partial charge in [-0.15, -0.1) is 35.3 Å². The van der Waals surface area contributed by atoms with E-state index in [9.17, 15) is 5.11 Å². The van der Waals surface area contributed by atoms with Gasteiger partial charge in [0.15, 0.2) is 5.96 Å². The molecule has 1 fully saturated rings. The third-order valence-corrected chi connectivity index (χ3v) is 5.87. The number of aromatic hydroxyl groups is 1. The van der Waals surface area contributed by atoms with Crippen LogP contribution >= 0.6 is 35.3 Å². The molecule has 0 radical (unpaired) electrons. The van der Waals surface area contributed by atoms with Crippen molar-refractivity contribution in [3.63, 3.8) is 0 Å². The number of phenolic OH excluding ortho intramolecular Hbond substituents is 1. The van der Waals surface area contributed by atoms with Crippen LogP contribution in [0.1, 0.15) is 25.3 Å². The lowest BCUT2D eigenvalue weighted by atomic mass is 10.1. The first-order chi connectivity index (χ1) is 13.7. The summed E-state index contributed by atoms with van der Waals surface area (Å²) in [5.41, 5.74) is 0.879. The molecule has 0 atom stereocenters. The van der Waals surface area contributed by atoms with Crippen molar-refractivity contribution in [2.24, 2.45) is 4.99 Å². The van der Waals surface area contributed by atoms with Gasteiger partial charge in [0.25, 0.3) is 0 Å². The monoisotopic (exact) mass is 530 g/mol. The van der Waals surface area contributed by atoms with Crippen LogP contribution in [0.2, 0.25) is 0 Å². The summed E-state index contributed by atoms with van der Waals surface area (Å²) in [7, 11) is 1.60. The Balaban J connectivity index is 0.00000300. The fourth-order valence-electron chi connectivity index (χ4n) is 3.38. The lowest BCUT2D eigenvalue weighted by Gasteiger charge is -2.33. The second-order valence-electron chi connectivity index (χ2n) is 6.86. The van der Waals surface area contributed by atoms with E-state index in [1.54, 1.807) is 24.5 Å². The maximum Gasteiger partial charge on any atom is 0.191 e. The Morgan fingerprint density at radius 1 is 1.31 bits per heavy atom. The normalized spacial score (nSPS) is 15.0. The Hall–Kier alpha value is -1.68. The predicted molar refractivity (Wildman–Crippen MR) is 132 cm³/mol. The molecule has 0 saturated carbocycles. The van der Waals surface area contributed by atoms with E-state index < -0.39 is 0 Å². The summed E-state index contributed by atoms with van der Waals surface area (Å²) in [5.74, 6) is 1.77. The van der Waals surface area contributed by atoms with Crippen LogP contribution in [0.5, 0.6) is 11.5 Å². The van der Waals surface area contributed by atoms with Crippen molar-refractivity contribution in [2.75, 3.05) is 38.2 Å². The summed E-state index contributed by atoms with van der Waals surface area (Å²) in [6.45, 7) is 5.65. The van der Waals surface area contributed by atoms with E-state index in [0.29, 0.717) is 24.8 Å². The molecule has 1 aliphatic heterocycles. The largest absolute Gasteiger partial charge is 0.508 e. The Bertz CT molecular complexity index is 762. The molecule has 8 heteroatoms. The van der Waals surface area contributed by atoms with Crippen molar-refractivity contribution >= 4 is 46.3 Å². The molecule has 2 aromatic rings.